The molecule has 1 amide bonds. The number of primary amides is 1. The van der Waals surface area contributed by atoms with Crippen LogP contribution in [0.5, 0.6) is 0 Å². The number of hydrogen-bond acceptors (Lipinski definition) is 3. The van der Waals surface area contributed by atoms with Crippen molar-refractivity contribution < 1.29 is 4.79 Å². The molecule has 1 aliphatic rings. The minimum Gasteiger partial charge on any atom is -0.368 e. The van der Waals surface area contributed by atoms with E-state index in [2.05, 4.69) is 5.32 Å². The predicted octanol–water partition coefficient (Wildman–Crippen LogP) is 0.110. The van der Waals surface area contributed by atoms with E-state index in [1.54, 1.807) is 0 Å². The van der Waals surface area contributed by atoms with Crippen molar-refractivity contribution in [3.63, 3.8) is 0 Å². The van der Waals surface area contributed by atoms with E-state index in [4.69, 9.17) is 11.5 Å². The number of rotatable bonds is 3. The first kappa shape index (κ1) is 11.5. The van der Waals surface area contributed by atoms with E-state index in [9.17, 15) is 4.79 Å². The summed E-state index contributed by atoms with van der Waals surface area (Å²) in [6.07, 6.45) is 4.25. The zero-order chi connectivity index (χ0) is 10.8. The van der Waals surface area contributed by atoms with Crippen molar-refractivity contribution in [3.8, 4) is 0 Å². The highest BCUT2D eigenvalue weighted by atomic mass is 16.1. The third kappa shape index (κ3) is 2.96. The van der Waals surface area contributed by atoms with E-state index >= 15 is 0 Å². The van der Waals surface area contributed by atoms with Crippen LogP contribution in [0, 0.1) is 0 Å². The lowest BCUT2D eigenvalue weighted by Crippen LogP contribution is -2.56. The molecule has 1 aliphatic carbocycles. The van der Waals surface area contributed by atoms with Gasteiger partial charge in [-0.15, -0.1) is 0 Å². The summed E-state index contributed by atoms with van der Waals surface area (Å²) >= 11 is 0. The van der Waals surface area contributed by atoms with Gasteiger partial charge in [0, 0.05) is 12.1 Å². The smallest absolute Gasteiger partial charge is 0.237 e. The van der Waals surface area contributed by atoms with Crippen LogP contribution in [0.3, 0.4) is 0 Å². The summed E-state index contributed by atoms with van der Waals surface area (Å²) in [5.74, 6) is -0.309. The molecule has 0 aliphatic heterocycles. The fraction of sp³-hybridized carbons (Fsp3) is 0.900. The Kier molecular flexibility index (Phi) is 3.50. The topological polar surface area (TPSA) is 81.1 Å². The lowest BCUT2D eigenvalue weighted by molar-refractivity contribution is -0.123. The highest BCUT2D eigenvalue weighted by molar-refractivity contribution is 5.83. The highest BCUT2D eigenvalue weighted by Gasteiger charge is 2.29. The number of amides is 1. The van der Waals surface area contributed by atoms with Gasteiger partial charge in [-0.1, -0.05) is 6.42 Å². The van der Waals surface area contributed by atoms with Crippen molar-refractivity contribution in [3.05, 3.63) is 0 Å². The van der Waals surface area contributed by atoms with Gasteiger partial charge in [-0.25, -0.2) is 0 Å². The van der Waals surface area contributed by atoms with E-state index in [1.165, 1.54) is 0 Å². The van der Waals surface area contributed by atoms with Gasteiger partial charge in [0.15, 0.2) is 0 Å². The normalized spacial score (nSPS) is 28.8. The van der Waals surface area contributed by atoms with Crippen molar-refractivity contribution in [1.29, 1.82) is 0 Å². The van der Waals surface area contributed by atoms with Crippen LogP contribution >= 0.6 is 0 Å². The molecule has 0 spiro atoms. The summed E-state index contributed by atoms with van der Waals surface area (Å²) in [6.45, 7) is 3.63. The molecular formula is C10H21N3O. The summed E-state index contributed by atoms with van der Waals surface area (Å²) in [7, 11) is 0. The Morgan fingerprint density at radius 2 is 2.07 bits per heavy atom. The van der Waals surface area contributed by atoms with Gasteiger partial charge in [0.25, 0.3) is 0 Å². The second-order valence-corrected chi connectivity index (χ2v) is 4.76. The molecule has 0 aromatic rings. The van der Waals surface area contributed by atoms with Gasteiger partial charge in [-0.05, 0) is 33.1 Å². The van der Waals surface area contributed by atoms with Crippen LogP contribution in [0.15, 0.2) is 0 Å². The van der Waals surface area contributed by atoms with Gasteiger partial charge >= 0.3 is 0 Å². The minimum absolute atomic E-state index is 0.268. The van der Waals surface area contributed by atoms with Crippen molar-refractivity contribution in [1.82, 2.24) is 5.32 Å². The monoisotopic (exact) mass is 199 g/mol. The number of hydrogen-bond donors (Lipinski definition) is 3. The lowest BCUT2D eigenvalue weighted by atomic mass is 9.89. The molecule has 1 rings (SSSR count). The molecule has 1 saturated carbocycles. The van der Waals surface area contributed by atoms with Crippen LogP contribution in [-0.4, -0.2) is 23.5 Å². The first-order chi connectivity index (χ1) is 6.42. The number of nitrogens with two attached hydrogens (primary N) is 2. The first-order valence-corrected chi connectivity index (χ1v) is 5.25. The molecule has 14 heavy (non-hydrogen) atoms. The number of carbonyl (C=O) groups is 1. The molecule has 4 nitrogen and oxygen atoms in total. The van der Waals surface area contributed by atoms with Crippen LogP contribution in [0.2, 0.25) is 0 Å². The zero-order valence-electron chi connectivity index (χ0n) is 9.05. The van der Waals surface area contributed by atoms with Crippen LogP contribution in [0.1, 0.15) is 39.5 Å². The third-order valence-corrected chi connectivity index (χ3v) is 2.90. The van der Waals surface area contributed by atoms with Crippen molar-refractivity contribution >= 4 is 5.91 Å². The largest absolute Gasteiger partial charge is 0.368 e. The highest BCUT2D eigenvalue weighted by Crippen LogP contribution is 2.19. The van der Waals surface area contributed by atoms with Crippen LogP contribution in [-0.2, 0) is 4.79 Å². The van der Waals surface area contributed by atoms with Crippen LogP contribution in [0.25, 0.3) is 0 Å². The van der Waals surface area contributed by atoms with E-state index in [0.717, 1.165) is 25.7 Å². The Hall–Kier alpha value is -0.610. The Bertz CT molecular complexity index is 215. The average molecular weight is 199 g/mol. The molecule has 4 heteroatoms. The van der Waals surface area contributed by atoms with E-state index in [1.807, 2.05) is 13.8 Å². The molecule has 2 atom stereocenters. The Morgan fingerprint density at radius 1 is 1.43 bits per heavy atom. The predicted molar refractivity (Wildman–Crippen MR) is 56.6 cm³/mol. The Balaban J connectivity index is 2.47. The third-order valence-electron chi connectivity index (χ3n) is 2.90. The quantitative estimate of drug-likeness (QED) is 0.603. The maximum atomic E-state index is 11.1. The molecule has 0 aromatic carbocycles. The lowest BCUT2D eigenvalue weighted by Gasteiger charge is -2.33. The van der Waals surface area contributed by atoms with Gasteiger partial charge in [0.05, 0.1) is 5.54 Å². The fourth-order valence-electron chi connectivity index (χ4n) is 1.94. The van der Waals surface area contributed by atoms with Gasteiger partial charge in [-0.2, -0.15) is 0 Å². The second-order valence-electron chi connectivity index (χ2n) is 4.76. The number of carbonyl (C=O) groups excluding carboxylic acids is 1. The summed E-state index contributed by atoms with van der Waals surface area (Å²) in [5, 5.41) is 3.27. The summed E-state index contributed by atoms with van der Waals surface area (Å²) < 4.78 is 0. The maximum absolute atomic E-state index is 11.1. The van der Waals surface area contributed by atoms with Crippen LogP contribution < -0.4 is 16.8 Å². The van der Waals surface area contributed by atoms with E-state index in [-0.39, 0.29) is 11.9 Å². The first-order valence-electron chi connectivity index (χ1n) is 5.25. The Labute approximate surface area is 85.4 Å². The fourth-order valence-corrected chi connectivity index (χ4v) is 1.94. The van der Waals surface area contributed by atoms with Crippen molar-refractivity contribution in [2.75, 3.05) is 0 Å². The maximum Gasteiger partial charge on any atom is 0.237 e. The molecule has 0 aromatic heterocycles. The molecule has 0 radical (unpaired) electrons. The summed E-state index contributed by atoms with van der Waals surface area (Å²) in [6, 6.07) is 0.603. The van der Waals surface area contributed by atoms with E-state index in [0.29, 0.717) is 6.04 Å². The SMILES string of the molecule is CC(C)(NC1CCCC(N)C1)C(N)=O. The Morgan fingerprint density at radius 3 is 2.57 bits per heavy atom. The zero-order valence-corrected chi connectivity index (χ0v) is 9.05. The molecular weight excluding hydrogens is 178 g/mol. The molecule has 0 saturated heterocycles. The molecule has 1 fully saturated rings. The summed E-state index contributed by atoms with van der Waals surface area (Å²) in [5.41, 5.74) is 10.5. The van der Waals surface area contributed by atoms with Gasteiger partial charge in [0.2, 0.25) is 5.91 Å². The summed E-state index contributed by atoms with van der Waals surface area (Å²) in [4.78, 5) is 11.1. The molecule has 2 unspecified atom stereocenters. The standard InChI is InChI=1S/C10H21N3O/c1-10(2,9(12)14)13-8-5-3-4-7(11)6-8/h7-8,13H,3-6,11H2,1-2H3,(H2,12,14). The average Bonchev–Trinajstić information content (AvgIpc) is 2.02. The molecule has 5 N–H and O–H groups in total. The van der Waals surface area contributed by atoms with E-state index < -0.39 is 5.54 Å². The van der Waals surface area contributed by atoms with Crippen molar-refractivity contribution in [2.45, 2.75) is 57.2 Å². The number of nitrogens with one attached hydrogen (secondary N) is 1. The van der Waals surface area contributed by atoms with Gasteiger partial charge in [-0.3, -0.25) is 4.79 Å². The van der Waals surface area contributed by atoms with Gasteiger partial charge in [0.1, 0.15) is 0 Å². The molecule has 0 heterocycles. The second kappa shape index (κ2) is 4.28. The molecule has 0 bridgehead atoms. The van der Waals surface area contributed by atoms with Crippen molar-refractivity contribution in [2.24, 2.45) is 11.5 Å². The minimum atomic E-state index is -0.623. The van der Waals surface area contributed by atoms with Gasteiger partial charge < -0.3 is 16.8 Å². The molecule has 82 valence electrons. The van der Waals surface area contributed by atoms with Crippen LogP contribution in [0.4, 0.5) is 0 Å².